The van der Waals surface area contributed by atoms with Gasteiger partial charge in [0.1, 0.15) is 6.10 Å². The maximum absolute atomic E-state index is 11.9. The van der Waals surface area contributed by atoms with Crippen LogP contribution in [0.25, 0.3) is 0 Å². The van der Waals surface area contributed by atoms with Crippen molar-refractivity contribution >= 4 is 5.91 Å². The van der Waals surface area contributed by atoms with Gasteiger partial charge in [0, 0.05) is 25.8 Å². The number of nitrogens with one attached hydrogen (secondary N) is 1. The summed E-state index contributed by atoms with van der Waals surface area (Å²) in [6.45, 7) is 8.01. The largest absolute Gasteiger partial charge is 0.378 e. The van der Waals surface area contributed by atoms with E-state index in [1.807, 2.05) is 0 Å². The molecule has 2 rings (SSSR count). The average Bonchev–Trinajstić information content (AvgIpc) is 2.76. The summed E-state index contributed by atoms with van der Waals surface area (Å²) in [4.78, 5) is 11.9. The van der Waals surface area contributed by atoms with Gasteiger partial charge < -0.3 is 19.5 Å². The van der Waals surface area contributed by atoms with Crippen molar-refractivity contribution in [3.05, 3.63) is 0 Å². The second-order valence-electron chi connectivity index (χ2n) is 7.74. The molecule has 5 heteroatoms. The van der Waals surface area contributed by atoms with E-state index in [2.05, 4.69) is 26.1 Å². The van der Waals surface area contributed by atoms with Gasteiger partial charge in [0.2, 0.25) is 5.91 Å². The average molecular weight is 341 g/mol. The molecular formula is C19H35NO4. The van der Waals surface area contributed by atoms with Crippen molar-refractivity contribution in [2.75, 3.05) is 19.8 Å². The van der Waals surface area contributed by atoms with Crippen LogP contribution in [0.4, 0.5) is 0 Å². The lowest BCUT2D eigenvalue weighted by molar-refractivity contribution is -0.175. The Hall–Kier alpha value is -0.650. The molecule has 2 unspecified atom stereocenters. The smallest absolute Gasteiger partial charge is 0.222 e. The van der Waals surface area contributed by atoms with Gasteiger partial charge in [-0.1, -0.05) is 26.7 Å². The molecule has 24 heavy (non-hydrogen) atoms. The van der Waals surface area contributed by atoms with Crippen LogP contribution in [0, 0.1) is 5.92 Å². The predicted octanol–water partition coefficient (Wildman–Crippen LogP) is 3.41. The standard InChI is InChI=1S/C19H35NO4/c1-15(2)12-16(3)22-11-8-18(21)20-13-17-14-23-19(24-17)9-6-4-5-7-10-19/h15-17H,4-14H2,1-3H3,(H,20,21). The summed E-state index contributed by atoms with van der Waals surface area (Å²) < 4.78 is 17.8. The van der Waals surface area contributed by atoms with Gasteiger partial charge in [-0.15, -0.1) is 0 Å². The first kappa shape index (κ1) is 19.7. The fourth-order valence-corrected chi connectivity index (χ4v) is 3.65. The fraction of sp³-hybridized carbons (Fsp3) is 0.947. The molecule has 1 saturated carbocycles. The van der Waals surface area contributed by atoms with Gasteiger partial charge in [-0.2, -0.15) is 0 Å². The number of carbonyl (C=O) groups is 1. The summed E-state index contributed by atoms with van der Waals surface area (Å²) in [7, 11) is 0. The predicted molar refractivity (Wildman–Crippen MR) is 93.8 cm³/mol. The van der Waals surface area contributed by atoms with E-state index < -0.39 is 0 Å². The third-order valence-electron chi connectivity index (χ3n) is 4.84. The Morgan fingerprint density at radius 2 is 1.92 bits per heavy atom. The highest BCUT2D eigenvalue weighted by atomic mass is 16.7. The van der Waals surface area contributed by atoms with Crippen LogP contribution in [0.3, 0.4) is 0 Å². The number of hydrogen-bond acceptors (Lipinski definition) is 4. The number of amides is 1. The fourth-order valence-electron chi connectivity index (χ4n) is 3.65. The highest BCUT2D eigenvalue weighted by Gasteiger charge is 2.41. The van der Waals surface area contributed by atoms with E-state index in [0.29, 0.717) is 32.1 Å². The summed E-state index contributed by atoms with van der Waals surface area (Å²) in [6.07, 6.45) is 8.47. The third kappa shape index (κ3) is 6.69. The normalized spacial score (nSPS) is 24.9. The van der Waals surface area contributed by atoms with Crippen molar-refractivity contribution in [2.45, 2.75) is 90.1 Å². The van der Waals surface area contributed by atoms with Crippen LogP contribution >= 0.6 is 0 Å². The number of hydrogen-bond donors (Lipinski definition) is 1. The van der Waals surface area contributed by atoms with Crippen LogP contribution in [-0.2, 0) is 19.0 Å². The molecule has 1 spiro atoms. The molecule has 1 aliphatic heterocycles. The molecule has 0 aromatic heterocycles. The molecule has 0 bridgehead atoms. The molecule has 2 fully saturated rings. The van der Waals surface area contributed by atoms with E-state index in [4.69, 9.17) is 14.2 Å². The van der Waals surface area contributed by atoms with Crippen LogP contribution < -0.4 is 5.32 Å². The molecule has 0 radical (unpaired) electrons. The minimum atomic E-state index is -0.374. The molecule has 1 heterocycles. The molecule has 1 N–H and O–H groups in total. The minimum Gasteiger partial charge on any atom is -0.378 e. The number of carbonyl (C=O) groups excluding carboxylic acids is 1. The molecule has 1 aliphatic carbocycles. The van der Waals surface area contributed by atoms with Gasteiger partial charge in [0.25, 0.3) is 0 Å². The summed E-state index contributed by atoms with van der Waals surface area (Å²) in [5.74, 6) is 0.267. The molecule has 1 amide bonds. The van der Waals surface area contributed by atoms with E-state index in [-0.39, 0.29) is 23.9 Å². The van der Waals surface area contributed by atoms with E-state index in [9.17, 15) is 4.79 Å². The molecule has 2 atom stereocenters. The Balaban J connectivity index is 1.59. The zero-order chi connectivity index (χ0) is 17.4. The zero-order valence-corrected chi connectivity index (χ0v) is 15.6. The van der Waals surface area contributed by atoms with Crippen LogP contribution in [0.5, 0.6) is 0 Å². The Morgan fingerprint density at radius 3 is 2.58 bits per heavy atom. The maximum atomic E-state index is 11.9. The maximum Gasteiger partial charge on any atom is 0.222 e. The Kier molecular flexibility index (Phi) is 7.98. The van der Waals surface area contributed by atoms with Gasteiger partial charge in [-0.3, -0.25) is 4.79 Å². The lowest BCUT2D eigenvalue weighted by Crippen LogP contribution is -2.36. The number of rotatable bonds is 8. The SMILES string of the molecule is CC(C)CC(C)OCCC(=O)NCC1COC2(CCCCCC2)O1. The van der Waals surface area contributed by atoms with Crippen LogP contribution in [0.1, 0.15) is 72.1 Å². The zero-order valence-electron chi connectivity index (χ0n) is 15.6. The van der Waals surface area contributed by atoms with E-state index >= 15 is 0 Å². The second kappa shape index (κ2) is 9.73. The highest BCUT2D eigenvalue weighted by molar-refractivity contribution is 5.75. The number of ether oxygens (including phenoxy) is 3. The van der Waals surface area contributed by atoms with Gasteiger partial charge >= 0.3 is 0 Å². The van der Waals surface area contributed by atoms with Crippen molar-refractivity contribution in [1.29, 1.82) is 0 Å². The van der Waals surface area contributed by atoms with E-state index in [1.165, 1.54) is 25.7 Å². The summed E-state index contributed by atoms with van der Waals surface area (Å²) >= 11 is 0. The molecule has 2 aliphatic rings. The van der Waals surface area contributed by atoms with Crippen molar-refractivity contribution in [2.24, 2.45) is 5.92 Å². The third-order valence-corrected chi connectivity index (χ3v) is 4.84. The Morgan fingerprint density at radius 1 is 1.21 bits per heavy atom. The lowest BCUT2D eigenvalue weighted by atomic mass is 10.1. The van der Waals surface area contributed by atoms with Crippen LogP contribution in [0.15, 0.2) is 0 Å². The van der Waals surface area contributed by atoms with Crippen molar-refractivity contribution < 1.29 is 19.0 Å². The Bertz CT molecular complexity index is 378. The molecule has 1 saturated heterocycles. The van der Waals surface area contributed by atoms with E-state index in [1.54, 1.807) is 0 Å². The monoisotopic (exact) mass is 341 g/mol. The van der Waals surface area contributed by atoms with Gasteiger partial charge in [0.05, 0.1) is 19.3 Å². The molecule has 5 nitrogen and oxygen atoms in total. The van der Waals surface area contributed by atoms with Gasteiger partial charge in [-0.25, -0.2) is 0 Å². The van der Waals surface area contributed by atoms with E-state index in [0.717, 1.165) is 19.3 Å². The summed E-state index contributed by atoms with van der Waals surface area (Å²) in [5.41, 5.74) is 0. The molecule has 0 aromatic rings. The van der Waals surface area contributed by atoms with Crippen molar-refractivity contribution in [1.82, 2.24) is 5.32 Å². The van der Waals surface area contributed by atoms with Gasteiger partial charge in [0.15, 0.2) is 5.79 Å². The van der Waals surface area contributed by atoms with Crippen LogP contribution in [-0.4, -0.2) is 43.7 Å². The van der Waals surface area contributed by atoms with Crippen molar-refractivity contribution in [3.8, 4) is 0 Å². The van der Waals surface area contributed by atoms with Crippen LogP contribution in [0.2, 0.25) is 0 Å². The topological polar surface area (TPSA) is 56.8 Å². The quantitative estimate of drug-likeness (QED) is 0.735. The Labute approximate surface area is 146 Å². The summed E-state index contributed by atoms with van der Waals surface area (Å²) in [6, 6.07) is 0. The van der Waals surface area contributed by atoms with Gasteiger partial charge in [-0.05, 0) is 32.1 Å². The van der Waals surface area contributed by atoms with Crippen molar-refractivity contribution in [3.63, 3.8) is 0 Å². The second-order valence-corrected chi connectivity index (χ2v) is 7.74. The molecule has 0 aromatic carbocycles. The first-order valence-electron chi connectivity index (χ1n) is 9.69. The first-order valence-corrected chi connectivity index (χ1v) is 9.69. The summed E-state index contributed by atoms with van der Waals surface area (Å²) in [5, 5.41) is 2.95. The lowest BCUT2D eigenvalue weighted by Gasteiger charge is -2.26. The highest BCUT2D eigenvalue weighted by Crippen LogP contribution is 2.36. The molecule has 140 valence electrons. The molecular weight excluding hydrogens is 306 g/mol. The minimum absolute atomic E-state index is 0.0205. The first-order chi connectivity index (χ1) is 11.5.